The zero-order valence-electron chi connectivity index (χ0n) is 13.2. The van der Waals surface area contributed by atoms with Gasteiger partial charge in [0.15, 0.2) is 0 Å². The molecule has 0 aliphatic carbocycles. The molecule has 0 N–H and O–H groups in total. The van der Waals surface area contributed by atoms with Gasteiger partial charge in [-0.05, 0) is 50.3 Å². The normalized spacial score (nSPS) is 15.2. The van der Waals surface area contributed by atoms with Crippen molar-refractivity contribution in [2.24, 2.45) is 5.92 Å². The van der Waals surface area contributed by atoms with E-state index in [2.05, 4.69) is 24.0 Å². The molecule has 0 atom stereocenters. The largest absolute Gasteiger partial charge is 0.337 e. The van der Waals surface area contributed by atoms with Gasteiger partial charge in [-0.15, -0.1) is 11.3 Å². The zero-order chi connectivity index (χ0) is 15.7. The van der Waals surface area contributed by atoms with Crippen molar-refractivity contribution in [3.8, 4) is 10.4 Å². The van der Waals surface area contributed by atoms with Crippen molar-refractivity contribution in [3.05, 3.63) is 41.0 Å². The highest BCUT2D eigenvalue weighted by atomic mass is 32.1. The lowest BCUT2D eigenvalue weighted by atomic mass is 9.99. The summed E-state index contributed by atoms with van der Waals surface area (Å²) in [5.74, 6) is 0.777. The van der Waals surface area contributed by atoms with E-state index in [1.165, 1.54) is 0 Å². The molecule has 22 heavy (non-hydrogen) atoms. The molecule has 0 bridgehead atoms. The minimum absolute atomic E-state index is 0.165. The van der Waals surface area contributed by atoms with Crippen molar-refractivity contribution >= 4 is 17.2 Å². The van der Waals surface area contributed by atoms with Gasteiger partial charge >= 0.3 is 0 Å². The highest BCUT2D eigenvalue weighted by Crippen LogP contribution is 2.31. The zero-order valence-corrected chi connectivity index (χ0v) is 14.1. The molecule has 1 aliphatic rings. The number of nitrogens with zero attached hydrogens (tertiary/aromatic N) is 3. The van der Waals surface area contributed by atoms with Crippen LogP contribution in [0.15, 0.2) is 30.6 Å². The Labute approximate surface area is 135 Å². The summed E-state index contributed by atoms with van der Waals surface area (Å²) in [4.78, 5) is 22.7. The molecule has 0 aromatic carbocycles. The number of pyridine rings is 1. The third-order valence-electron chi connectivity index (χ3n) is 3.97. The summed E-state index contributed by atoms with van der Waals surface area (Å²) in [6, 6.07) is 5.99. The standard InChI is InChI=1S/C17H21N3OS/c1-12-8-18-7-6-14(12)15-4-5-16(22-15)17(21)20-10-13(11-20)9-19(2)3/h4-8,13H,9-11H2,1-3H3. The number of amides is 1. The van der Waals surface area contributed by atoms with Crippen LogP contribution in [0.2, 0.25) is 0 Å². The number of carbonyl (C=O) groups is 1. The monoisotopic (exact) mass is 315 g/mol. The summed E-state index contributed by atoms with van der Waals surface area (Å²) >= 11 is 1.57. The number of hydrogen-bond donors (Lipinski definition) is 0. The quantitative estimate of drug-likeness (QED) is 0.870. The minimum atomic E-state index is 0.165. The van der Waals surface area contributed by atoms with E-state index in [9.17, 15) is 4.79 Å². The molecule has 116 valence electrons. The van der Waals surface area contributed by atoms with Gasteiger partial charge in [0.1, 0.15) is 0 Å². The van der Waals surface area contributed by atoms with E-state index in [4.69, 9.17) is 0 Å². The summed E-state index contributed by atoms with van der Waals surface area (Å²) in [6.45, 7) is 4.84. The Balaban J connectivity index is 1.67. The van der Waals surface area contributed by atoms with Gasteiger partial charge in [0.25, 0.3) is 5.91 Å². The lowest BCUT2D eigenvalue weighted by molar-refractivity contribution is 0.0455. The molecule has 1 amide bonds. The summed E-state index contributed by atoms with van der Waals surface area (Å²) < 4.78 is 0. The highest BCUT2D eigenvalue weighted by molar-refractivity contribution is 7.17. The maximum atomic E-state index is 12.5. The number of rotatable bonds is 4. The van der Waals surface area contributed by atoms with E-state index in [1.807, 2.05) is 36.2 Å². The van der Waals surface area contributed by atoms with Gasteiger partial charge in [0, 0.05) is 42.8 Å². The second-order valence-electron chi connectivity index (χ2n) is 6.19. The Morgan fingerprint density at radius 1 is 1.36 bits per heavy atom. The number of aromatic nitrogens is 1. The van der Waals surface area contributed by atoms with Crippen LogP contribution >= 0.6 is 11.3 Å². The van der Waals surface area contributed by atoms with Gasteiger partial charge in [-0.25, -0.2) is 0 Å². The molecule has 1 aliphatic heterocycles. The van der Waals surface area contributed by atoms with Crippen molar-refractivity contribution in [2.75, 3.05) is 33.7 Å². The average molecular weight is 315 g/mol. The number of likely N-dealkylation sites (tertiary alicyclic amines) is 1. The van der Waals surface area contributed by atoms with Gasteiger partial charge < -0.3 is 9.80 Å². The third kappa shape index (κ3) is 3.05. The van der Waals surface area contributed by atoms with E-state index < -0.39 is 0 Å². The van der Waals surface area contributed by atoms with Crippen LogP contribution in [0.5, 0.6) is 0 Å². The molecule has 5 heteroatoms. The highest BCUT2D eigenvalue weighted by Gasteiger charge is 2.31. The van der Waals surface area contributed by atoms with Crippen LogP contribution in [0.3, 0.4) is 0 Å². The van der Waals surface area contributed by atoms with Crippen LogP contribution in [-0.2, 0) is 0 Å². The number of hydrogen-bond acceptors (Lipinski definition) is 4. The first-order valence-electron chi connectivity index (χ1n) is 7.49. The van der Waals surface area contributed by atoms with E-state index in [-0.39, 0.29) is 5.91 Å². The minimum Gasteiger partial charge on any atom is -0.337 e. The molecular formula is C17H21N3OS. The molecule has 3 rings (SSSR count). The molecule has 0 unspecified atom stereocenters. The molecule has 0 saturated carbocycles. The van der Waals surface area contributed by atoms with Crippen LogP contribution in [0, 0.1) is 12.8 Å². The first-order valence-corrected chi connectivity index (χ1v) is 8.31. The van der Waals surface area contributed by atoms with Crippen molar-refractivity contribution in [1.29, 1.82) is 0 Å². The average Bonchev–Trinajstić information content (AvgIpc) is 2.91. The number of carbonyl (C=O) groups excluding carboxylic acids is 1. The Morgan fingerprint density at radius 3 is 2.82 bits per heavy atom. The van der Waals surface area contributed by atoms with Crippen LogP contribution in [0.25, 0.3) is 10.4 Å². The second-order valence-corrected chi connectivity index (χ2v) is 7.28. The van der Waals surface area contributed by atoms with Gasteiger partial charge in [-0.3, -0.25) is 9.78 Å². The Bertz CT molecular complexity index is 674. The molecule has 2 aromatic heterocycles. The summed E-state index contributed by atoms with van der Waals surface area (Å²) in [5, 5.41) is 0. The fourth-order valence-corrected chi connectivity index (χ4v) is 3.94. The second kappa shape index (κ2) is 6.18. The molecule has 1 saturated heterocycles. The lowest BCUT2D eigenvalue weighted by Crippen LogP contribution is -2.52. The first-order chi connectivity index (χ1) is 10.5. The van der Waals surface area contributed by atoms with E-state index in [1.54, 1.807) is 17.5 Å². The third-order valence-corrected chi connectivity index (χ3v) is 5.08. The molecule has 3 heterocycles. The predicted octanol–water partition coefficient (Wildman–Crippen LogP) is 2.75. The van der Waals surface area contributed by atoms with Crippen LogP contribution in [-0.4, -0.2) is 54.4 Å². The smallest absolute Gasteiger partial charge is 0.263 e. The molecule has 0 spiro atoms. The fraction of sp³-hybridized carbons (Fsp3) is 0.412. The van der Waals surface area contributed by atoms with Crippen molar-refractivity contribution in [1.82, 2.24) is 14.8 Å². The Morgan fingerprint density at radius 2 is 2.14 bits per heavy atom. The van der Waals surface area contributed by atoms with Crippen molar-refractivity contribution in [3.63, 3.8) is 0 Å². The summed E-state index contributed by atoms with van der Waals surface area (Å²) in [5.41, 5.74) is 2.30. The summed E-state index contributed by atoms with van der Waals surface area (Å²) in [6.07, 6.45) is 3.66. The van der Waals surface area contributed by atoms with Crippen LogP contribution in [0.4, 0.5) is 0 Å². The Hall–Kier alpha value is -1.72. The fourth-order valence-electron chi connectivity index (χ4n) is 2.87. The van der Waals surface area contributed by atoms with E-state index in [0.717, 1.165) is 40.5 Å². The molecule has 0 radical (unpaired) electrons. The number of thiophene rings is 1. The predicted molar refractivity (Wildman–Crippen MR) is 90.2 cm³/mol. The van der Waals surface area contributed by atoms with E-state index in [0.29, 0.717) is 5.92 Å². The van der Waals surface area contributed by atoms with Gasteiger partial charge in [-0.1, -0.05) is 0 Å². The van der Waals surface area contributed by atoms with Gasteiger partial charge in [0.2, 0.25) is 0 Å². The Kier molecular flexibility index (Phi) is 4.27. The van der Waals surface area contributed by atoms with Crippen LogP contribution in [0.1, 0.15) is 15.2 Å². The van der Waals surface area contributed by atoms with Crippen molar-refractivity contribution < 1.29 is 4.79 Å². The van der Waals surface area contributed by atoms with Gasteiger partial charge in [-0.2, -0.15) is 0 Å². The maximum absolute atomic E-state index is 12.5. The lowest BCUT2D eigenvalue weighted by Gasteiger charge is -2.40. The number of aryl methyl sites for hydroxylation is 1. The molecule has 2 aromatic rings. The topological polar surface area (TPSA) is 36.4 Å². The van der Waals surface area contributed by atoms with Crippen LogP contribution < -0.4 is 0 Å². The molecule has 1 fully saturated rings. The van der Waals surface area contributed by atoms with E-state index >= 15 is 0 Å². The first kappa shape index (κ1) is 15.2. The van der Waals surface area contributed by atoms with Crippen molar-refractivity contribution in [2.45, 2.75) is 6.92 Å². The molecular weight excluding hydrogens is 294 g/mol. The molecule has 4 nitrogen and oxygen atoms in total. The SMILES string of the molecule is Cc1cnccc1-c1ccc(C(=O)N2CC(CN(C)C)C2)s1. The van der Waals surface area contributed by atoms with Gasteiger partial charge in [0.05, 0.1) is 4.88 Å². The maximum Gasteiger partial charge on any atom is 0.263 e. The summed E-state index contributed by atoms with van der Waals surface area (Å²) in [7, 11) is 4.15.